The van der Waals surface area contributed by atoms with Crippen molar-refractivity contribution in [3.8, 4) is 0 Å². The second kappa shape index (κ2) is 19.3. The van der Waals surface area contributed by atoms with Crippen molar-refractivity contribution in [2.45, 2.75) is 126 Å². The van der Waals surface area contributed by atoms with Crippen molar-refractivity contribution in [3.05, 3.63) is 71.8 Å². The molecule has 3 saturated heterocycles. The van der Waals surface area contributed by atoms with Crippen LogP contribution in [0.2, 0.25) is 0 Å². The Labute approximate surface area is 301 Å². The molecule has 286 valence electrons. The maximum atomic E-state index is 6.86. The topological polar surface area (TPSA) is 120 Å². The molecular weight excluding hydrogens is 664 g/mol. The highest BCUT2D eigenvalue weighted by atomic mass is 16.8. The number of hydrogen-bond donors (Lipinski definition) is 0. The average molecular weight is 721 g/mol. The lowest BCUT2D eigenvalue weighted by Gasteiger charge is -2.50. The van der Waals surface area contributed by atoms with Crippen molar-refractivity contribution >= 4 is 0 Å². The molecule has 0 amide bonds. The molecule has 0 N–H and O–H groups in total. The standard InChI is InChI=1S/C38H56O13/c1-22-27(45-20-25-16-12-10-13-17-25)30(39-4)34(43-8)37(48-22)51-35-31(40-5)28(46-21-26-18-14-11-15-19-26)23(2)49-38(35)50-29-24(3)47-36(44-9)33(42-7)32(29)41-6/h10-19,22-24,27-38H,20-21H2,1-9H3/t22-,23-,24-,27-,28-,29-,30+,31+,32+,33+,34+,35+,36+,37-,38-/m0/s1. The lowest BCUT2D eigenvalue weighted by Crippen LogP contribution is -2.66. The summed E-state index contributed by atoms with van der Waals surface area (Å²) in [6.45, 7) is 6.47. The van der Waals surface area contributed by atoms with E-state index in [-0.39, 0.29) is 0 Å². The van der Waals surface area contributed by atoms with Crippen LogP contribution in [0, 0.1) is 0 Å². The molecule has 2 aromatic carbocycles. The van der Waals surface area contributed by atoms with E-state index in [0.717, 1.165) is 11.1 Å². The van der Waals surface area contributed by atoms with Gasteiger partial charge in [-0.1, -0.05) is 60.7 Å². The van der Waals surface area contributed by atoms with E-state index in [1.165, 1.54) is 0 Å². The molecule has 15 atom stereocenters. The molecular formula is C38H56O13. The van der Waals surface area contributed by atoms with Gasteiger partial charge in [-0.15, -0.1) is 0 Å². The van der Waals surface area contributed by atoms with Crippen LogP contribution in [0.25, 0.3) is 0 Å². The van der Waals surface area contributed by atoms with Crippen LogP contribution in [0.15, 0.2) is 60.7 Å². The Morgan fingerprint density at radius 3 is 1.20 bits per heavy atom. The highest BCUT2D eigenvalue weighted by Gasteiger charge is 2.55. The molecule has 0 spiro atoms. The van der Waals surface area contributed by atoms with E-state index in [4.69, 9.17) is 61.6 Å². The van der Waals surface area contributed by atoms with E-state index in [0.29, 0.717) is 13.2 Å². The monoisotopic (exact) mass is 720 g/mol. The van der Waals surface area contributed by atoms with Crippen molar-refractivity contribution in [1.82, 2.24) is 0 Å². The van der Waals surface area contributed by atoms with E-state index in [1.807, 2.05) is 81.4 Å². The molecule has 0 bridgehead atoms. The Morgan fingerprint density at radius 1 is 0.392 bits per heavy atom. The van der Waals surface area contributed by atoms with E-state index in [9.17, 15) is 0 Å². The summed E-state index contributed by atoms with van der Waals surface area (Å²) < 4.78 is 81.3. The van der Waals surface area contributed by atoms with Gasteiger partial charge >= 0.3 is 0 Å². The maximum Gasteiger partial charge on any atom is 0.187 e. The molecule has 5 rings (SSSR count). The lowest BCUT2D eigenvalue weighted by atomic mass is 9.96. The van der Waals surface area contributed by atoms with Crippen molar-refractivity contribution in [1.29, 1.82) is 0 Å². The zero-order valence-corrected chi connectivity index (χ0v) is 31.2. The maximum absolute atomic E-state index is 6.86. The number of methoxy groups -OCH3 is 6. The van der Waals surface area contributed by atoms with Crippen LogP contribution in [-0.2, 0) is 74.8 Å². The minimum atomic E-state index is -0.976. The Bertz CT molecular complexity index is 1270. The van der Waals surface area contributed by atoms with E-state index >= 15 is 0 Å². The fourth-order valence-corrected chi connectivity index (χ4v) is 7.26. The first-order valence-corrected chi connectivity index (χ1v) is 17.5. The fraction of sp³-hybridized carbons (Fsp3) is 0.684. The third-order valence-corrected chi connectivity index (χ3v) is 9.93. The van der Waals surface area contributed by atoms with Crippen LogP contribution in [-0.4, -0.2) is 135 Å². The molecule has 2 aromatic rings. The summed E-state index contributed by atoms with van der Waals surface area (Å²) in [6.07, 6.45) is -9.39. The summed E-state index contributed by atoms with van der Waals surface area (Å²) in [5.41, 5.74) is 2.05. The summed E-state index contributed by atoms with van der Waals surface area (Å²) in [5.74, 6) is 0. The molecule has 0 aromatic heterocycles. The largest absolute Gasteiger partial charge is 0.376 e. The zero-order valence-electron chi connectivity index (χ0n) is 31.2. The molecule has 13 heteroatoms. The minimum Gasteiger partial charge on any atom is -0.376 e. The van der Waals surface area contributed by atoms with Gasteiger partial charge in [-0.2, -0.15) is 0 Å². The molecule has 3 fully saturated rings. The molecule has 0 aliphatic carbocycles. The Hall–Kier alpha value is -2.08. The summed E-state index contributed by atoms with van der Waals surface area (Å²) in [6, 6.07) is 19.9. The van der Waals surface area contributed by atoms with E-state index < -0.39 is 92.1 Å². The summed E-state index contributed by atoms with van der Waals surface area (Å²) in [4.78, 5) is 0. The predicted octanol–water partition coefficient (Wildman–Crippen LogP) is 3.88. The number of hydrogen-bond acceptors (Lipinski definition) is 13. The smallest absolute Gasteiger partial charge is 0.187 e. The zero-order chi connectivity index (χ0) is 36.5. The first kappa shape index (κ1) is 40.1. The quantitative estimate of drug-likeness (QED) is 0.250. The highest BCUT2D eigenvalue weighted by Crippen LogP contribution is 2.37. The second-order valence-corrected chi connectivity index (χ2v) is 13.1. The van der Waals surface area contributed by atoms with Crippen LogP contribution >= 0.6 is 0 Å². The van der Waals surface area contributed by atoms with Crippen LogP contribution < -0.4 is 0 Å². The van der Waals surface area contributed by atoms with Gasteiger partial charge in [0.2, 0.25) is 0 Å². The normalized spacial score (nSPS) is 38.8. The van der Waals surface area contributed by atoms with Crippen molar-refractivity contribution in [2.24, 2.45) is 0 Å². The van der Waals surface area contributed by atoms with Crippen molar-refractivity contribution in [2.75, 3.05) is 42.7 Å². The van der Waals surface area contributed by atoms with Gasteiger partial charge in [0.15, 0.2) is 18.9 Å². The molecule has 51 heavy (non-hydrogen) atoms. The highest BCUT2D eigenvalue weighted by molar-refractivity contribution is 5.14. The SMILES string of the molecule is CO[C@@H]1O[C@@H](C)[C@H](O[C@@H]2O[C@@H](C)[C@H](OCc3ccccc3)[C@@H](OC)[C@H]2O[C@@H]2O[C@@H](C)[C@H](OCc3ccccc3)[C@@H](OC)[C@H]2OC)[C@@H](OC)[C@H]1OC. The van der Waals surface area contributed by atoms with Gasteiger partial charge < -0.3 is 61.6 Å². The van der Waals surface area contributed by atoms with Crippen LogP contribution in [0.5, 0.6) is 0 Å². The van der Waals surface area contributed by atoms with Gasteiger partial charge in [-0.25, -0.2) is 0 Å². The minimum absolute atomic E-state index is 0.342. The van der Waals surface area contributed by atoms with Gasteiger partial charge in [0.05, 0.1) is 31.5 Å². The third kappa shape index (κ3) is 9.36. The van der Waals surface area contributed by atoms with Crippen LogP contribution in [0.1, 0.15) is 31.9 Å². The molecule has 3 aliphatic heterocycles. The van der Waals surface area contributed by atoms with Gasteiger partial charge in [0, 0.05) is 42.7 Å². The van der Waals surface area contributed by atoms with Gasteiger partial charge in [-0.05, 0) is 31.9 Å². The predicted molar refractivity (Wildman–Crippen MR) is 184 cm³/mol. The Balaban J connectivity index is 1.41. The lowest BCUT2D eigenvalue weighted by molar-refractivity contribution is -0.390. The number of ether oxygens (including phenoxy) is 13. The summed E-state index contributed by atoms with van der Waals surface area (Å²) in [7, 11) is 9.58. The fourth-order valence-electron chi connectivity index (χ4n) is 7.26. The van der Waals surface area contributed by atoms with Crippen molar-refractivity contribution in [3.63, 3.8) is 0 Å². The summed E-state index contributed by atoms with van der Waals surface area (Å²) in [5, 5.41) is 0. The molecule has 3 aliphatic rings. The van der Waals surface area contributed by atoms with E-state index in [2.05, 4.69) is 0 Å². The molecule has 0 unspecified atom stereocenters. The Kier molecular flexibility index (Phi) is 15.2. The average Bonchev–Trinajstić information content (AvgIpc) is 3.15. The molecule has 0 saturated carbocycles. The molecule has 3 heterocycles. The van der Waals surface area contributed by atoms with E-state index in [1.54, 1.807) is 42.7 Å². The van der Waals surface area contributed by atoms with Gasteiger partial charge in [-0.3, -0.25) is 0 Å². The second-order valence-electron chi connectivity index (χ2n) is 13.1. The Morgan fingerprint density at radius 2 is 0.745 bits per heavy atom. The van der Waals surface area contributed by atoms with Gasteiger partial charge in [0.1, 0.15) is 54.9 Å². The third-order valence-electron chi connectivity index (χ3n) is 9.93. The van der Waals surface area contributed by atoms with Crippen molar-refractivity contribution < 1.29 is 61.6 Å². The molecule has 0 radical (unpaired) electrons. The number of rotatable bonds is 16. The van der Waals surface area contributed by atoms with Crippen LogP contribution in [0.3, 0.4) is 0 Å². The first-order chi connectivity index (χ1) is 24.8. The number of benzene rings is 2. The molecule has 13 nitrogen and oxygen atoms in total. The van der Waals surface area contributed by atoms with Gasteiger partial charge in [0.25, 0.3) is 0 Å². The van der Waals surface area contributed by atoms with Crippen LogP contribution in [0.4, 0.5) is 0 Å². The summed E-state index contributed by atoms with van der Waals surface area (Å²) >= 11 is 0. The first-order valence-electron chi connectivity index (χ1n) is 17.5.